The summed E-state index contributed by atoms with van der Waals surface area (Å²) in [4.78, 5) is 25.2. The van der Waals surface area contributed by atoms with Gasteiger partial charge in [-0.1, -0.05) is 42.5 Å². The van der Waals surface area contributed by atoms with Gasteiger partial charge in [-0.15, -0.1) is 0 Å². The molecule has 1 amide bonds. The predicted molar refractivity (Wildman–Crippen MR) is 107 cm³/mol. The van der Waals surface area contributed by atoms with Crippen molar-refractivity contribution in [2.75, 3.05) is 26.9 Å². The van der Waals surface area contributed by atoms with Gasteiger partial charge in [-0.05, 0) is 31.2 Å². The van der Waals surface area contributed by atoms with E-state index in [9.17, 15) is 14.7 Å². The van der Waals surface area contributed by atoms with Crippen molar-refractivity contribution in [3.05, 3.63) is 48.0 Å². The number of ether oxygens (including phenoxy) is 2. The highest BCUT2D eigenvalue weighted by Gasteiger charge is 2.25. The lowest BCUT2D eigenvalue weighted by molar-refractivity contribution is -0.145. The summed E-state index contributed by atoms with van der Waals surface area (Å²) in [5.74, 6) is -0.223. The van der Waals surface area contributed by atoms with Gasteiger partial charge in [0.1, 0.15) is 6.61 Å². The van der Waals surface area contributed by atoms with Crippen molar-refractivity contribution >= 4 is 11.9 Å². The van der Waals surface area contributed by atoms with Gasteiger partial charge in [0.05, 0.1) is 19.3 Å². The number of piperidine rings is 1. The summed E-state index contributed by atoms with van der Waals surface area (Å²) in [5, 5.41) is 10.3. The summed E-state index contributed by atoms with van der Waals surface area (Å²) in [5.41, 5.74) is 1.09. The van der Waals surface area contributed by atoms with Crippen molar-refractivity contribution in [1.82, 2.24) is 4.90 Å². The van der Waals surface area contributed by atoms with E-state index in [1.807, 2.05) is 47.4 Å². The van der Waals surface area contributed by atoms with Crippen LogP contribution in [0.15, 0.2) is 42.5 Å². The van der Waals surface area contributed by atoms with Crippen LogP contribution in [0.4, 0.5) is 0 Å². The summed E-state index contributed by atoms with van der Waals surface area (Å²) >= 11 is 0. The number of hydrogen-bond donors (Lipinski definition) is 1. The maximum absolute atomic E-state index is 12.3. The minimum absolute atomic E-state index is 0.0302. The average molecular weight is 389 g/mol. The Morgan fingerprint density at radius 3 is 2.86 bits per heavy atom. The molecule has 1 aliphatic heterocycles. The quantitative estimate of drug-likeness (QED) is 0.357. The van der Waals surface area contributed by atoms with Crippen LogP contribution < -0.4 is 0 Å². The number of aliphatic hydroxyl groups excluding tert-OH is 1. The van der Waals surface area contributed by atoms with E-state index in [1.165, 1.54) is 7.11 Å². The molecule has 1 N–H and O–H groups in total. The Morgan fingerprint density at radius 2 is 2.11 bits per heavy atom. The van der Waals surface area contributed by atoms with E-state index in [4.69, 9.17) is 4.74 Å². The number of unbranched alkanes of at least 4 members (excludes halogenated alkanes) is 1. The molecule has 2 rings (SSSR count). The van der Waals surface area contributed by atoms with Gasteiger partial charge >= 0.3 is 5.97 Å². The van der Waals surface area contributed by atoms with E-state index in [0.29, 0.717) is 26.0 Å². The van der Waals surface area contributed by atoms with Crippen molar-refractivity contribution < 1.29 is 24.2 Å². The summed E-state index contributed by atoms with van der Waals surface area (Å²) in [6.07, 6.45) is 7.73. The number of esters is 1. The number of rotatable bonds is 11. The Bertz CT molecular complexity index is 631. The third-order valence-corrected chi connectivity index (χ3v) is 4.84. The lowest BCUT2D eigenvalue weighted by atomic mass is 9.99. The maximum Gasteiger partial charge on any atom is 0.331 e. The third kappa shape index (κ3) is 7.82. The Hall–Kier alpha value is -2.18. The highest BCUT2D eigenvalue weighted by atomic mass is 16.6. The normalized spacial score (nSPS) is 18.4. The molecule has 1 heterocycles. The van der Waals surface area contributed by atoms with Crippen molar-refractivity contribution in [3.8, 4) is 0 Å². The van der Waals surface area contributed by atoms with Gasteiger partial charge in [0.2, 0.25) is 5.91 Å². The standard InChI is InChI=1S/C22H31NO5/c1-27-22(26)17-28-15-6-5-14-23-19(10-7-11-21(23)25)12-13-20(24)16-18-8-3-2-4-9-18/h2-4,8-9,12-13,19-20,24H,5-7,10-11,14-17H2,1H3/b13-12+/t19-,20?/m1/s1. The van der Waals surface area contributed by atoms with E-state index in [2.05, 4.69) is 4.74 Å². The second-order valence-corrected chi connectivity index (χ2v) is 7.02. The first-order chi connectivity index (χ1) is 13.6. The fraction of sp³-hybridized carbons (Fsp3) is 0.545. The zero-order chi connectivity index (χ0) is 20.2. The molecule has 154 valence electrons. The number of amides is 1. The van der Waals surface area contributed by atoms with Crippen LogP contribution in [0.5, 0.6) is 0 Å². The Kier molecular flexibility index (Phi) is 9.72. The van der Waals surface area contributed by atoms with Crippen molar-refractivity contribution in [1.29, 1.82) is 0 Å². The second kappa shape index (κ2) is 12.3. The lowest BCUT2D eigenvalue weighted by Crippen LogP contribution is -2.43. The molecule has 0 aliphatic carbocycles. The van der Waals surface area contributed by atoms with Gasteiger partial charge in [-0.2, -0.15) is 0 Å². The van der Waals surface area contributed by atoms with Gasteiger partial charge in [-0.25, -0.2) is 4.79 Å². The molecule has 1 aromatic rings. The molecule has 6 nitrogen and oxygen atoms in total. The van der Waals surface area contributed by atoms with E-state index in [0.717, 1.165) is 31.2 Å². The molecule has 0 aromatic heterocycles. The molecule has 2 atom stereocenters. The molecular formula is C22H31NO5. The van der Waals surface area contributed by atoms with Gasteiger partial charge in [0.15, 0.2) is 0 Å². The van der Waals surface area contributed by atoms with E-state index in [-0.39, 0.29) is 24.5 Å². The summed E-state index contributed by atoms with van der Waals surface area (Å²) in [6.45, 7) is 1.08. The Morgan fingerprint density at radius 1 is 1.32 bits per heavy atom. The molecule has 0 radical (unpaired) electrons. The molecule has 1 unspecified atom stereocenters. The largest absolute Gasteiger partial charge is 0.467 e. The van der Waals surface area contributed by atoms with Crippen LogP contribution in [0.3, 0.4) is 0 Å². The van der Waals surface area contributed by atoms with Crippen LogP contribution in [0.1, 0.15) is 37.7 Å². The minimum atomic E-state index is -0.562. The Labute approximate surface area is 167 Å². The van der Waals surface area contributed by atoms with Gasteiger partial charge in [-0.3, -0.25) is 4.79 Å². The maximum atomic E-state index is 12.3. The van der Waals surface area contributed by atoms with E-state index < -0.39 is 6.10 Å². The smallest absolute Gasteiger partial charge is 0.331 e. The monoisotopic (exact) mass is 389 g/mol. The minimum Gasteiger partial charge on any atom is -0.467 e. The average Bonchev–Trinajstić information content (AvgIpc) is 2.70. The molecule has 1 fully saturated rings. The zero-order valence-electron chi connectivity index (χ0n) is 16.6. The number of hydrogen-bond acceptors (Lipinski definition) is 5. The fourth-order valence-electron chi connectivity index (χ4n) is 3.32. The summed E-state index contributed by atoms with van der Waals surface area (Å²) in [6, 6.07) is 9.90. The number of aliphatic hydroxyl groups is 1. The van der Waals surface area contributed by atoms with Gasteiger partial charge in [0, 0.05) is 26.0 Å². The van der Waals surface area contributed by atoms with Crippen LogP contribution in [-0.4, -0.2) is 60.9 Å². The van der Waals surface area contributed by atoms with Crippen LogP contribution >= 0.6 is 0 Å². The SMILES string of the molecule is COC(=O)COCCCCN1C(=O)CCC[C@@H]1/C=C/C(O)Cc1ccccc1. The molecule has 0 spiro atoms. The molecule has 1 aromatic carbocycles. The van der Waals surface area contributed by atoms with Crippen molar-refractivity contribution in [2.45, 2.75) is 50.7 Å². The highest BCUT2D eigenvalue weighted by molar-refractivity contribution is 5.77. The number of carbonyl (C=O) groups excluding carboxylic acids is 2. The van der Waals surface area contributed by atoms with E-state index in [1.54, 1.807) is 0 Å². The van der Waals surface area contributed by atoms with Crippen molar-refractivity contribution in [3.63, 3.8) is 0 Å². The molecule has 6 heteroatoms. The number of carbonyl (C=O) groups is 2. The first-order valence-electron chi connectivity index (χ1n) is 9.94. The van der Waals surface area contributed by atoms with Gasteiger partial charge < -0.3 is 19.5 Å². The first kappa shape index (κ1) is 22.1. The lowest BCUT2D eigenvalue weighted by Gasteiger charge is -2.34. The molecule has 1 aliphatic rings. The third-order valence-electron chi connectivity index (χ3n) is 4.84. The van der Waals surface area contributed by atoms with Crippen LogP contribution in [0.25, 0.3) is 0 Å². The van der Waals surface area contributed by atoms with Crippen LogP contribution in [0, 0.1) is 0 Å². The molecule has 1 saturated heterocycles. The van der Waals surface area contributed by atoms with Crippen LogP contribution in [-0.2, 0) is 25.5 Å². The topological polar surface area (TPSA) is 76.1 Å². The number of benzene rings is 1. The number of likely N-dealkylation sites (tertiary alicyclic amines) is 1. The van der Waals surface area contributed by atoms with E-state index >= 15 is 0 Å². The highest BCUT2D eigenvalue weighted by Crippen LogP contribution is 2.20. The van der Waals surface area contributed by atoms with Crippen LogP contribution in [0.2, 0.25) is 0 Å². The number of nitrogens with zero attached hydrogens (tertiary/aromatic N) is 1. The van der Waals surface area contributed by atoms with Gasteiger partial charge in [0.25, 0.3) is 0 Å². The fourth-order valence-corrected chi connectivity index (χ4v) is 3.32. The molecule has 0 bridgehead atoms. The zero-order valence-corrected chi connectivity index (χ0v) is 16.6. The number of methoxy groups -OCH3 is 1. The Balaban J connectivity index is 1.77. The molecular weight excluding hydrogens is 358 g/mol. The first-order valence-corrected chi connectivity index (χ1v) is 9.94. The van der Waals surface area contributed by atoms with Crippen molar-refractivity contribution in [2.24, 2.45) is 0 Å². The summed E-state index contributed by atoms with van der Waals surface area (Å²) < 4.78 is 9.76. The second-order valence-electron chi connectivity index (χ2n) is 7.02. The molecule has 28 heavy (non-hydrogen) atoms. The summed E-state index contributed by atoms with van der Waals surface area (Å²) in [7, 11) is 1.33. The predicted octanol–water partition coefficient (Wildman–Crippen LogP) is 2.50. The molecule has 0 saturated carbocycles.